The zero-order chi connectivity index (χ0) is 17.2. The summed E-state index contributed by atoms with van der Waals surface area (Å²) < 4.78 is 0. The van der Waals surface area contributed by atoms with Gasteiger partial charge in [-0.15, -0.1) is 0 Å². The van der Waals surface area contributed by atoms with Crippen LogP contribution in [0.3, 0.4) is 0 Å². The Balaban J connectivity index is 0.00000127. The van der Waals surface area contributed by atoms with Crippen LogP contribution in [0.25, 0.3) is 0 Å². The minimum Gasteiger partial charge on any atom is -0.0991 e. The highest BCUT2D eigenvalue weighted by Crippen LogP contribution is 2.49. The second kappa shape index (κ2) is 10.0. The molecule has 0 aromatic rings. The molecule has 0 aromatic heterocycles. The molecular formula is C23H32. The van der Waals surface area contributed by atoms with E-state index in [1.165, 1.54) is 47.1 Å². The fourth-order valence-corrected chi connectivity index (χ4v) is 3.57. The van der Waals surface area contributed by atoms with Gasteiger partial charge in [-0.2, -0.15) is 0 Å². The van der Waals surface area contributed by atoms with Crippen LogP contribution in [0.2, 0.25) is 0 Å². The topological polar surface area (TPSA) is 0 Å². The van der Waals surface area contributed by atoms with Gasteiger partial charge in [-0.25, -0.2) is 0 Å². The van der Waals surface area contributed by atoms with Gasteiger partial charge >= 0.3 is 0 Å². The van der Waals surface area contributed by atoms with Crippen LogP contribution in [-0.4, -0.2) is 0 Å². The van der Waals surface area contributed by atoms with Crippen molar-refractivity contribution in [1.82, 2.24) is 0 Å². The molecule has 1 unspecified atom stereocenters. The summed E-state index contributed by atoms with van der Waals surface area (Å²) in [5.74, 6) is 0.532. The minimum atomic E-state index is 0.532. The van der Waals surface area contributed by atoms with Crippen molar-refractivity contribution in [3.05, 3.63) is 83.6 Å². The summed E-state index contributed by atoms with van der Waals surface area (Å²) >= 11 is 0. The van der Waals surface area contributed by atoms with Crippen molar-refractivity contribution in [2.24, 2.45) is 5.92 Å². The van der Waals surface area contributed by atoms with Gasteiger partial charge in [0.1, 0.15) is 0 Å². The molecular weight excluding hydrogens is 276 g/mol. The first-order valence-corrected chi connectivity index (χ1v) is 9.00. The van der Waals surface area contributed by atoms with Crippen molar-refractivity contribution in [3.63, 3.8) is 0 Å². The predicted octanol–water partition coefficient (Wildman–Crippen LogP) is 7.26. The lowest BCUT2D eigenvalue weighted by Crippen LogP contribution is -2.12. The molecule has 0 aliphatic heterocycles. The van der Waals surface area contributed by atoms with Crippen molar-refractivity contribution >= 4 is 0 Å². The maximum Gasteiger partial charge on any atom is 0.0104 e. The first-order chi connectivity index (χ1) is 11.3. The molecule has 0 heteroatoms. The van der Waals surface area contributed by atoms with Gasteiger partial charge in [0.25, 0.3) is 0 Å². The summed E-state index contributed by atoms with van der Waals surface area (Å²) in [5.41, 5.74) is 7.18. The molecule has 0 heterocycles. The molecule has 0 radical (unpaired) electrons. The molecule has 1 fully saturated rings. The number of fused-ring (bicyclic) bond motifs is 1. The van der Waals surface area contributed by atoms with E-state index >= 15 is 0 Å². The van der Waals surface area contributed by atoms with E-state index in [0.29, 0.717) is 5.92 Å². The largest absolute Gasteiger partial charge is 0.0991 e. The Hall–Kier alpha value is -1.82. The van der Waals surface area contributed by atoms with Gasteiger partial charge in [0.05, 0.1) is 0 Å². The zero-order valence-electron chi connectivity index (χ0n) is 15.4. The molecule has 23 heavy (non-hydrogen) atoms. The highest BCUT2D eigenvalue weighted by Gasteiger charge is 2.33. The van der Waals surface area contributed by atoms with Gasteiger partial charge in [-0.1, -0.05) is 76.5 Å². The molecule has 0 saturated heterocycles. The molecule has 0 nitrogen and oxygen atoms in total. The number of hydrogen-bond donors (Lipinski definition) is 0. The zero-order valence-corrected chi connectivity index (χ0v) is 15.4. The van der Waals surface area contributed by atoms with E-state index in [1.807, 2.05) is 26.0 Å². The molecule has 0 aromatic carbocycles. The Morgan fingerprint density at radius 3 is 2.43 bits per heavy atom. The lowest BCUT2D eigenvalue weighted by atomic mass is 9.78. The molecule has 0 amide bonds. The second-order valence-corrected chi connectivity index (χ2v) is 5.58. The second-order valence-electron chi connectivity index (χ2n) is 5.58. The number of allylic oxidation sites excluding steroid dienone is 12. The molecule has 2 aliphatic carbocycles. The van der Waals surface area contributed by atoms with Gasteiger partial charge in [0, 0.05) is 5.92 Å². The molecule has 0 N–H and O–H groups in total. The number of rotatable bonds is 5. The van der Waals surface area contributed by atoms with Crippen molar-refractivity contribution < 1.29 is 0 Å². The Morgan fingerprint density at radius 2 is 1.87 bits per heavy atom. The quantitative estimate of drug-likeness (QED) is 0.469. The summed E-state index contributed by atoms with van der Waals surface area (Å²) in [4.78, 5) is 0. The standard InChI is InChI=1S/C21H26.C2H6/c1-5-9-14-20-18(12-7-3)17(8-4)19-15-10-13-16(11-6-2)21(19)20;1-2/h5,7-9,11-12,14,19H,1,4,6,10,13,15H2,2-3H3;1-2H3/b12-7-,14-9-,16-11-;. The third-order valence-corrected chi connectivity index (χ3v) is 4.30. The molecule has 0 spiro atoms. The van der Waals surface area contributed by atoms with Gasteiger partial charge < -0.3 is 0 Å². The van der Waals surface area contributed by atoms with Gasteiger partial charge in [-0.3, -0.25) is 0 Å². The van der Waals surface area contributed by atoms with Crippen LogP contribution in [0.5, 0.6) is 0 Å². The SMILES string of the molecule is C=C/C=C\C1=C2C(=C\CC)/CCCC2C(C=C)=C1/C=C\C.CC. The minimum absolute atomic E-state index is 0.532. The van der Waals surface area contributed by atoms with Crippen LogP contribution < -0.4 is 0 Å². The van der Waals surface area contributed by atoms with E-state index in [0.717, 1.165) is 6.42 Å². The molecule has 1 saturated carbocycles. The summed E-state index contributed by atoms with van der Waals surface area (Å²) in [7, 11) is 0. The Bertz CT molecular complexity index is 573. The lowest BCUT2D eigenvalue weighted by Gasteiger charge is -2.26. The van der Waals surface area contributed by atoms with Crippen LogP contribution in [-0.2, 0) is 0 Å². The molecule has 1 atom stereocenters. The Labute approximate surface area is 143 Å². The first-order valence-electron chi connectivity index (χ1n) is 9.00. The average molecular weight is 309 g/mol. The van der Waals surface area contributed by atoms with Crippen LogP contribution in [0.1, 0.15) is 53.4 Å². The predicted molar refractivity (Wildman–Crippen MR) is 105 cm³/mol. The lowest BCUT2D eigenvalue weighted by molar-refractivity contribution is 0.572. The van der Waals surface area contributed by atoms with Crippen molar-refractivity contribution in [1.29, 1.82) is 0 Å². The highest BCUT2D eigenvalue weighted by atomic mass is 14.4. The molecule has 124 valence electrons. The fraction of sp³-hybridized carbons (Fsp3) is 0.391. The summed E-state index contributed by atoms with van der Waals surface area (Å²) in [6.07, 6.45) is 19.8. The normalized spacial score (nSPS) is 22.6. The Kier molecular flexibility index (Phi) is 8.40. The summed E-state index contributed by atoms with van der Waals surface area (Å²) in [6, 6.07) is 0. The average Bonchev–Trinajstić information content (AvgIpc) is 2.89. The third kappa shape index (κ3) is 4.13. The maximum atomic E-state index is 4.07. The van der Waals surface area contributed by atoms with Gasteiger partial charge in [0.2, 0.25) is 0 Å². The fourth-order valence-electron chi connectivity index (χ4n) is 3.57. The third-order valence-electron chi connectivity index (χ3n) is 4.30. The smallest absolute Gasteiger partial charge is 0.0104 e. The van der Waals surface area contributed by atoms with Crippen LogP contribution in [0.15, 0.2) is 83.6 Å². The van der Waals surface area contributed by atoms with E-state index < -0.39 is 0 Å². The van der Waals surface area contributed by atoms with Gasteiger partial charge in [-0.05, 0) is 60.5 Å². The van der Waals surface area contributed by atoms with E-state index in [1.54, 1.807) is 0 Å². The Morgan fingerprint density at radius 1 is 1.13 bits per heavy atom. The summed E-state index contributed by atoms with van der Waals surface area (Å²) in [6.45, 7) is 16.2. The van der Waals surface area contributed by atoms with Crippen LogP contribution >= 0.6 is 0 Å². The number of hydrogen-bond acceptors (Lipinski definition) is 0. The molecule has 2 aliphatic rings. The van der Waals surface area contributed by atoms with Crippen molar-refractivity contribution in [2.45, 2.75) is 53.4 Å². The van der Waals surface area contributed by atoms with Gasteiger partial charge in [0.15, 0.2) is 0 Å². The van der Waals surface area contributed by atoms with E-state index in [2.05, 4.69) is 57.4 Å². The molecule has 0 bridgehead atoms. The van der Waals surface area contributed by atoms with E-state index in [9.17, 15) is 0 Å². The maximum absolute atomic E-state index is 4.07. The highest BCUT2D eigenvalue weighted by molar-refractivity contribution is 5.67. The van der Waals surface area contributed by atoms with E-state index in [4.69, 9.17) is 0 Å². The van der Waals surface area contributed by atoms with Crippen LogP contribution in [0, 0.1) is 5.92 Å². The van der Waals surface area contributed by atoms with Crippen molar-refractivity contribution in [2.75, 3.05) is 0 Å². The first kappa shape index (κ1) is 19.2. The molecule has 2 rings (SSSR count). The van der Waals surface area contributed by atoms with Crippen molar-refractivity contribution in [3.8, 4) is 0 Å². The summed E-state index contributed by atoms with van der Waals surface area (Å²) in [5, 5.41) is 0. The van der Waals surface area contributed by atoms with Crippen LogP contribution in [0.4, 0.5) is 0 Å². The monoisotopic (exact) mass is 308 g/mol. The van der Waals surface area contributed by atoms with E-state index in [-0.39, 0.29) is 0 Å².